The summed E-state index contributed by atoms with van der Waals surface area (Å²) in [5.41, 5.74) is 2.58. The van der Waals surface area contributed by atoms with Gasteiger partial charge in [0.05, 0.1) is 0 Å². The average molecular weight is 261 g/mol. The Kier molecular flexibility index (Phi) is 4.82. The van der Waals surface area contributed by atoms with Crippen LogP contribution < -0.4 is 0 Å². The second-order valence-electron chi connectivity index (χ2n) is 3.61. The fourth-order valence-electron chi connectivity index (χ4n) is 1.79. The third-order valence-corrected chi connectivity index (χ3v) is 2.57. The van der Waals surface area contributed by atoms with Crippen LogP contribution in [0.4, 0.5) is 0 Å². The van der Waals surface area contributed by atoms with Gasteiger partial charge in [-0.25, -0.2) is 0 Å². The molecule has 14 heavy (non-hydrogen) atoms. The van der Waals surface area contributed by atoms with Crippen molar-refractivity contribution in [3.05, 3.63) is 54.5 Å². The molecule has 1 aromatic carbocycles. The Hall–Kier alpha value is -0.157. The molecule has 0 aliphatic heterocycles. The molecule has 0 radical (unpaired) electrons. The van der Waals surface area contributed by atoms with Crippen LogP contribution in [0.15, 0.2) is 35.9 Å². The molecule has 0 amide bonds. The first-order valence-electron chi connectivity index (χ1n) is 4.87. The van der Waals surface area contributed by atoms with Crippen LogP contribution in [0.5, 0.6) is 0 Å². The fourth-order valence-corrected chi connectivity index (χ4v) is 1.79. The summed E-state index contributed by atoms with van der Waals surface area (Å²) in [6.45, 7) is 4.12. The maximum Gasteiger partial charge on any atom is 2.00 e. The Morgan fingerprint density at radius 1 is 1.21 bits per heavy atom. The van der Waals surface area contributed by atoms with Crippen LogP contribution in [0.1, 0.15) is 24.8 Å². The molecule has 1 unspecified atom stereocenters. The third kappa shape index (κ3) is 2.92. The molecule has 2 rings (SSSR count). The predicted molar refractivity (Wildman–Crippen MR) is 55.0 cm³/mol. The van der Waals surface area contributed by atoms with Crippen molar-refractivity contribution in [2.75, 3.05) is 0 Å². The molecule has 70 valence electrons. The number of rotatable bonds is 1. The zero-order valence-corrected chi connectivity index (χ0v) is 10.8. The van der Waals surface area contributed by atoms with Gasteiger partial charge >= 0.3 is 26.2 Å². The van der Waals surface area contributed by atoms with Crippen molar-refractivity contribution in [2.45, 2.75) is 19.3 Å². The Balaban J connectivity index is 0.000000980. The monoisotopic (exact) mass is 260 g/mol. The number of hydrogen-bond acceptors (Lipinski definition) is 0. The van der Waals surface area contributed by atoms with Gasteiger partial charge in [0.2, 0.25) is 0 Å². The predicted octanol–water partition coefficient (Wildman–Crippen LogP) is 3.40. The van der Waals surface area contributed by atoms with Crippen LogP contribution in [-0.2, 0) is 26.2 Å². The molecule has 0 bridgehead atoms. The zero-order valence-electron chi connectivity index (χ0n) is 8.29. The van der Waals surface area contributed by atoms with Crippen molar-refractivity contribution in [1.82, 2.24) is 0 Å². The Morgan fingerprint density at radius 2 is 1.93 bits per heavy atom. The molecule has 0 aromatic heterocycles. The van der Waals surface area contributed by atoms with E-state index in [-0.39, 0.29) is 26.2 Å². The van der Waals surface area contributed by atoms with E-state index < -0.39 is 0 Å². The van der Waals surface area contributed by atoms with Gasteiger partial charge in [-0.15, -0.1) is 12.1 Å². The number of benzene rings is 1. The zero-order chi connectivity index (χ0) is 9.10. The van der Waals surface area contributed by atoms with Gasteiger partial charge in [0.1, 0.15) is 0 Å². The molecule has 1 aromatic rings. The summed E-state index contributed by atoms with van der Waals surface area (Å²) in [5.74, 6) is 0.500. The molecule has 1 fully saturated rings. The SMILES string of the molecule is [CH2-]C1CCCC1=[C-]c1ccccc1.[Zr+2]. The summed E-state index contributed by atoms with van der Waals surface area (Å²) < 4.78 is 0. The molecule has 0 N–H and O–H groups in total. The van der Waals surface area contributed by atoms with Crippen LogP contribution in [0.2, 0.25) is 0 Å². The van der Waals surface area contributed by atoms with Crippen molar-refractivity contribution in [2.24, 2.45) is 5.92 Å². The van der Waals surface area contributed by atoms with Crippen LogP contribution >= 0.6 is 0 Å². The summed E-state index contributed by atoms with van der Waals surface area (Å²) in [5, 5.41) is 0. The van der Waals surface area contributed by atoms with Crippen LogP contribution in [0, 0.1) is 18.9 Å². The quantitative estimate of drug-likeness (QED) is 0.680. The molecule has 0 nitrogen and oxygen atoms in total. The van der Waals surface area contributed by atoms with E-state index in [2.05, 4.69) is 37.3 Å². The minimum absolute atomic E-state index is 0. The maximum atomic E-state index is 4.12. The smallest absolute Gasteiger partial charge is 0.337 e. The van der Waals surface area contributed by atoms with E-state index >= 15 is 0 Å². The van der Waals surface area contributed by atoms with Crippen molar-refractivity contribution in [3.63, 3.8) is 0 Å². The Labute approximate surface area is 106 Å². The number of allylic oxidation sites excluding steroid dienone is 1. The third-order valence-electron chi connectivity index (χ3n) is 2.57. The van der Waals surface area contributed by atoms with Crippen LogP contribution in [-0.4, -0.2) is 0 Å². The first-order chi connectivity index (χ1) is 6.36. The Morgan fingerprint density at radius 3 is 2.50 bits per heavy atom. The molecular formula is C13H14Zr. The summed E-state index contributed by atoms with van der Waals surface area (Å²) in [4.78, 5) is 0. The van der Waals surface area contributed by atoms with Crippen LogP contribution in [0.3, 0.4) is 0 Å². The first kappa shape index (κ1) is 11.9. The molecule has 1 aliphatic rings. The molecule has 1 saturated carbocycles. The molecule has 0 spiro atoms. The second kappa shape index (κ2) is 5.66. The molecule has 1 atom stereocenters. The van der Waals surface area contributed by atoms with Gasteiger partial charge in [-0.1, -0.05) is 18.9 Å². The minimum atomic E-state index is 0. The van der Waals surface area contributed by atoms with Crippen molar-refractivity contribution < 1.29 is 26.2 Å². The Bertz CT molecular complexity index is 300. The number of hydrogen-bond donors (Lipinski definition) is 0. The molecule has 1 aliphatic carbocycles. The van der Waals surface area contributed by atoms with E-state index in [0.29, 0.717) is 5.92 Å². The fraction of sp³-hybridized carbons (Fsp3) is 0.308. The molecule has 0 saturated heterocycles. The molecule has 0 heterocycles. The largest absolute Gasteiger partial charge is 2.00 e. The van der Waals surface area contributed by atoms with Gasteiger partial charge < -0.3 is 6.92 Å². The normalized spacial score (nSPS) is 23.5. The van der Waals surface area contributed by atoms with Gasteiger partial charge in [-0.3, -0.25) is 0 Å². The van der Waals surface area contributed by atoms with E-state index in [1.165, 1.54) is 30.4 Å². The van der Waals surface area contributed by atoms with Crippen molar-refractivity contribution in [3.8, 4) is 0 Å². The van der Waals surface area contributed by atoms with Gasteiger partial charge in [0.15, 0.2) is 0 Å². The summed E-state index contributed by atoms with van der Waals surface area (Å²) >= 11 is 0. The summed E-state index contributed by atoms with van der Waals surface area (Å²) in [6.07, 6.45) is 7.14. The van der Waals surface area contributed by atoms with E-state index in [9.17, 15) is 0 Å². The van der Waals surface area contributed by atoms with Gasteiger partial charge in [0, 0.05) is 0 Å². The summed E-state index contributed by atoms with van der Waals surface area (Å²) in [7, 11) is 0. The van der Waals surface area contributed by atoms with E-state index in [4.69, 9.17) is 0 Å². The molecular weight excluding hydrogens is 247 g/mol. The average Bonchev–Trinajstić information content (AvgIpc) is 2.54. The van der Waals surface area contributed by atoms with E-state index in [1.807, 2.05) is 6.07 Å². The van der Waals surface area contributed by atoms with E-state index in [0.717, 1.165) is 0 Å². The standard InChI is InChI=1S/C13H14.Zr/c1-11-6-5-9-13(11)10-12-7-3-2-4-8-12;/h2-4,7-8,11H,1,5-6,9H2;/q-2;+2. The first-order valence-corrected chi connectivity index (χ1v) is 4.87. The summed E-state index contributed by atoms with van der Waals surface area (Å²) in [6, 6.07) is 10.3. The van der Waals surface area contributed by atoms with Crippen molar-refractivity contribution in [1.29, 1.82) is 0 Å². The molecule has 1 heteroatoms. The minimum Gasteiger partial charge on any atom is -0.337 e. The maximum absolute atomic E-state index is 4.12. The topological polar surface area (TPSA) is 0 Å². The second-order valence-corrected chi connectivity index (χ2v) is 3.61. The van der Waals surface area contributed by atoms with Crippen LogP contribution in [0.25, 0.3) is 0 Å². The van der Waals surface area contributed by atoms with Gasteiger partial charge in [-0.2, -0.15) is 35.3 Å². The van der Waals surface area contributed by atoms with Gasteiger partial charge in [-0.05, 0) is 6.42 Å². The van der Waals surface area contributed by atoms with Crippen molar-refractivity contribution >= 4 is 0 Å². The van der Waals surface area contributed by atoms with E-state index in [1.54, 1.807) is 0 Å². The van der Waals surface area contributed by atoms with Gasteiger partial charge in [0.25, 0.3) is 0 Å².